The van der Waals surface area contributed by atoms with Crippen molar-refractivity contribution in [1.29, 1.82) is 0 Å². The molecule has 2 rings (SSSR count). The molecular formula is C13H15N3O3. The van der Waals surface area contributed by atoms with Gasteiger partial charge in [-0.15, -0.1) is 0 Å². The number of hydrogen-bond acceptors (Lipinski definition) is 3. The van der Waals surface area contributed by atoms with Gasteiger partial charge in [-0.3, -0.25) is 5.32 Å². The standard InChI is InChI=1S/C13H15N3O3/c1-2-5-16-8-10-6-9(3-4-11(17)18)7-14-12(10)15-13(16)19/h3-4,6-7H,2,5,8H2,1H3,(H,17,18)(H,14,15,19)/b4-3+. The number of carbonyl (C=O) groups is 2. The van der Waals surface area contributed by atoms with Crippen LogP contribution in [0.2, 0.25) is 0 Å². The Bertz CT molecular complexity index is 540. The Balaban J connectivity index is 2.23. The molecule has 0 atom stereocenters. The van der Waals surface area contributed by atoms with Crippen LogP contribution in [-0.2, 0) is 11.3 Å². The van der Waals surface area contributed by atoms with Crippen LogP contribution in [0.25, 0.3) is 6.08 Å². The van der Waals surface area contributed by atoms with Crippen LogP contribution in [-0.4, -0.2) is 33.5 Å². The average Bonchev–Trinajstić information content (AvgIpc) is 2.37. The summed E-state index contributed by atoms with van der Waals surface area (Å²) in [4.78, 5) is 28.0. The zero-order valence-corrected chi connectivity index (χ0v) is 10.6. The summed E-state index contributed by atoms with van der Waals surface area (Å²) in [5.41, 5.74) is 1.59. The van der Waals surface area contributed by atoms with Gasteiger partial charge in [0.15, 0.2) is 0 Å². The second kappa shape index (κ2) is 5.51. The largest absolute Gasteiger partial charge is 0.478 e. The number of carboxylic acids is 1. The lowest BCUT2D eigenvalue weighted by atomic mass is 10.1. The summed E-state index contributed by atoms with van der Waals surface area (Å²) >= 11 is 0. The topological polar surface area (TPSA) is 82.5 Å². The number of anilines is 1. The van der Waals surface area contributed by atoms with Gasteiger partial charge in [0.25, 0.3) is 0 Å². The number of rotatable bonds is 4. The highest BCUT2D eigenvalue weighted by Crippen LogP contribution is 2.22. The van der Waals surface area contributed by atoms with Gasteiger partial charge >= 0.3 is 12.0 Å². The summed E-state index contributed by atoms with van der Waals surface area (Å²) < 4.78 is 0. The van der Waals surface area contributed by atoms with Gasteiger partial charge in [-0.2, -0.15) is 0 Å². The van der Waals surface area contributed by atoms with E-state index in [4.69, 9.17) is 5.11 Å². The number of carboxylic acid groups (broad SMARTS) is 1. The first-order valence-electron chi connectivity index (χ1n) is 6.06. The Morgan fingerprint density at radius 3 is 3.11 bits per heavy atom. The Hall–Kier alpha value is -2.37. The molecular weight excluding hydrogens is 246 g/mol. The molecule has 1 aliphatic heterocycles. The first-order valence-corrected chi connectivity index (χ1v) is 6.06. The van der Waals surface area contributed by atoms with Crippen molar-refractivity contribution in [2.75, 3.05) is 11.9 Å². The molecule has 0 aliphatic carbocycles. The fourth-order valence-electron chi connectivity index (χ4n) is 1.93. The molecule has 0 saturated carbocycles. The second-order valence-corrected chi connectivity index (χ2v) is 4.30. The summed E-state index contributed by atoms with van der Waals surface area (Å²) in [6.07, 6.45) is 4.97. The van der Waals surface area contributed by atoms with Crippen LogP contribution >= 0.6 is 0 Å². The third-order valence-corrected chi connectivity index (χ3v) is 2.77. The number of nitrogens with one attached hydrogen (secondary N) is 1. The van der Waals surface area contributed by atoms with Crippen molar-refractivity contribution in [2.45, 2.75) is 19.9 Å². The van der Waals surface area contributed by atoms with Crippen molar-refractivity contribution in [3.8, 4) is 0 Å². The van der Waals surface area contributed by atoms with Crippen LogP contribution in [0.15, 0.2) is 18.3 Å². The Labute approximate surface area is 110 Å². The number of aliphatic carboxylic acids is 1. The molecule has 1 aliphatic rings. The average molecular weight is 261 g/mol. The maximum absolute atomic E-state index is 11.7. The smallest absolute Gasteiger partial charge is 0.328 e. The lowest BCUT2D eigenvalue weighted by molar-refractivity contribution is -0.131. The quantitative estimate of drug-likeness (QED) is 0.811. The number of aromatic nitrogens is 1. The normalized spacial score (nSPS) is 14.4. The van der Waals surface area contributed by atoms with E-state index in [1.165, 1.54) is 12.3 Å². The Kier molecular flexibility index (Phi) is 3.79. The van der Waals surface area contributed by atoms with Crippen LogP contribution in [0, 0.1) is 0 Å². The SMILES string of the molecule is CCCN1Cc2cc(/C=C/C(=O)O)cnc2NC1=O. The summed E-state index contributed by atoms with van der Waals surface area (Å²) in [7, 11) is 0. The number of pyridine rings is 1. The fraction of sp³-hybridized carbons (Fsp3) is 0.308. The van der Waals surface area contributed by atoms with Gasteiger partial charge in [0, 0.05) is 24.4 Å². The molecule has 0 saturated heterocycles. The minimum Gasteiger partial charge on any atom is -0.478 e. The second-order valence-electron chi connectivity index (χ2n) is 4.30. The van der Waals surface area contributed by atoms with Crippen LogP contribution in [0.3, 0.4) is 0 Å². The molecule has 6 heteroatoms. The molecule has 0 aromatic carbocycles. The molecule has 1 aromatic heterocycles. The number of fused-ring (bicyclic) bond motifs is 1. The Morgan fingerprint density at radius 2 is 2.42 bits per heavy atom. The minimum absolute atomic E-state index is 0.143. The molecule has 100 valence electrons. The number of hydrogen-bond donors (Lipinski definition) is 2. The van der Waals surface area contributed by atoms with E-state index in [1.807, 2.05) is 13.0 Å². The highest BCUT2D eigenvalue weighted by molar-refractivity contribution is 5.91. The summed E-state index contributed by atoms with van der Waals surface area (Å²) in [5.74, 6) is -0.455. The van der Waals surface area contributed by atoms with E-state index in [2.05, 4.69) is 10.3 Å². The van der Waals surface area contributed by atoms with E-state index in [-0.39, 0.29) is 6.03 Å². The summed E-state index contributed by atoms with van der Waals surface area (Å²) in [6, 6.07) is 1.69. The number of nitrogens with zero attached hydrogens (tertiary/aromatic N) is 2. The summed E-state index contributed by atoms with van der Waals surface area (Å²) in [5, 5.41) is 11.3. The van der Waals surface area contributed by atoms with Crippen molar-refractivity contribution >= 4 is 23.9 Å². The molecule has 0 spiro atoms. The van der Waals surface area contributed by atoms with Gasteiger partial charge in [-0.05, 0) is 24.1 Å². The fourth-order valence-corrected chi connectivity index (χ4v) is 1.93. The van der Waals surface area contributed by atoms with Crippen molar-refractivity contribution < 1.29 is 14.7 Å². The van der Waals surface area contributed by atoms with Crippen LogP contribution in [0.5, 0.6) is 0 Å². The van der Waals surface area contributed by atoms with Gasteiger partial charge < -0.3 is 10.0 Å². The molecule has 19 heavy (non-hydrogen) atoms. The first kappa shape index (κ1) is 13.1. The van der Waals surface area contributed by atoms with Crippen LogP contribution in [0.4, 0.5) is 10.6 Å². The molecule has 6 nitrogen and oxygen atoms in total. The van der Waals surface area contributed by atoms with Gasteiger partial charge in [0.05, 0.1) is 6.54 Å². The first-order chi connectivity index (χ1) is 9.10. The van der Waals surface area contributed by atoms with E-state index in [1.54, 1.807) is 4.90 Å². The molecule has 1 aromatic rings. The molecule has 2 heterocycles. The van der Waals surface area contributed by atoms with E-state index < -0.39 is 5.97 Å². The zero-order chi connectivity index (χ0) is 13.8. The number of carbonyl (C=O) groups excluding carboxylic acids is 1. The van der Waals surface area contributed by atoms with Gasteiger partial charge in [0.2, 0.25) is 0 Å². The van der Waals surface area contributed by atoms with Gasteiger partial charge in [-0.25, -0.2) is 14.6 Å². The third-order valence-electron chi connectivity index (χ3n) is 2.77. The molecule has 2 N–H and O–H groups in total. The highest BCUT2D eigenvalue weighted by atomic mass is 16.4. The molecule has 0 bridgehead atoms. The Morgan fingerprint density at radius 1 is 1.63 bits per heavy atom. The number of urea groups is 1. The molecule has 2 amide bonds. The monoisotopic (exact) mass is 261 g/mol. The zero-order valence-electron chi connectivity index (χ0n) is 10.6. The third kappa shape index (κ3) is 3.09. The van der Waals surface area contributed by atoms with E-state index >= 15 is 0 Å². The van der Waals surface area contributed by atoms with Crippen LogP contribution < -0.4 is 5.32 Å². The van der Waals surface area contributed by atoms with E-state index in [9.17, 15) is 9.59 Å². The molecule has 0 radical (unpaired) electrons. The van der Waals surface area contributed by atoms with Gasteiger partial charge in [-0.1, -0.05) is 6.92 Å². The van der Waals surface area contributed by atoms with Gasteiger partial charge in [0.1, 0.15) is 5.82 Å². The lowest BCUT2D eigenvalue weighted by Gasteiger charge is -2.28. The molecule has 0 unspecified atom stereocenters. The predicted octanol–water partition coefficient (Wildman–Crippen LogP) is 1.94. The van der Waals surface area contributed by atoms with Crippen molar-refractivity contribution in [1.82, 2.24) is 9.88 Å². The van der Waals surface area contributed by atoms with Crippen molar-refractivity contribution in [3.63, 3.8) is 0 Å². The maximum atomic E-state index is 11.7. The predicted molar refractivity (Wildman–Crippen MR) is 70.6 cm³/mol. The molecule has 0 fully saturated rings. The lowest BCUT2D eigenvalue weighted by Crippen LogP contribution is -2.39. The maximum Gasteiger partial charge on any atom is 0.328 e. The van der Waals surface area contributed by atoms with Crippen LogP contribution in [0.1, 0.15) is 24.5 Å². The van der Waals surface area contributed by atoms with E-state index in [0.717, 1.165) is 18.1 Å². The summed E-state index contributed by atoms with van der Waals surface area (Å²) in [6.45, 7) is 3.18. The van der Waals surface area contributed by atoms with Crippen molar-refractivity contribution in [2.24, 2.45) is 0 Å². The van der Waals surface area contributed by atoms with Crippen molar-refractivity contribution in [3.05, 3.63) is 29.5 Å². The minimum atomic E-state index is -1.00. The number of amides is 2. The van der Waals surface area contributed by atoms with E-state index in [0.29, 0.717) is 24.5 Å². The highest BCUT2D eigenvalue weighted by Gasteiger charge is 2.22.